The van der Waals surface area contributed by atoms with Crippen LogP contribution in [0.5, 0.6) is 5.75 Å². The lowest BCUT2D eigenvalue weighted by molar-refractivity contribution is 0.447. The van der Waals surface area contributed by atoms with Gasteiger partial charge in [0.2, 0.25) is 0 Å². The molecule has 0 bridgehead atoms. The Kier molecular flexibility index (Phi) is 3.41. The third kappa shape index (κ3) is 2.74. The number of hydrogen-bond acceptors (Lipinski definition) is 2. The van der Waals surface area contributed by atoms with Crippen molar-refractivity contribution in [1.82, 2.24) is 0 Å². The minimum Gasteiger partial charge on any atom is -0.508 e. The number of nitrogens with one attached hydrogen (secondary N) is 1. The summed E-state index contributed by atoms with van der Waals surface area (Å²) in [5, 5.41) is 11.8. The van der Waals surface area contributed by atoms with E-state index in [9.17, 15) is 13.2 Å². The minimum atomic E-state index is -1.48. The van der Waals surface area contributed by atoms with Crippen molar-refractivity contribution in [3.63, 3.8) is 0 Å². The van der Waals surface area contributed by atoms with Gasteiger partial charge < -0.3 is 10.4 Å². The average Bonchev–Trinajstić information content (AvgIpc) is 2.35. The number of phenolic OH excluding ortho intramolecular Hbond substituents is 1. The number of rotatable bonds is 3. The molecule has 0 aliphatic rings. The Balaban J connectivity index is 2.08. The van der Waals surface area contributed by atoms with Gasteiger partial charge in [0.1, 0.15) is 5.75 Å². The summed E-state index contributed by atoms with van der Waals surface area (Å²) >= 11 is 0. The van der Waals surface area contributed by atoms with Crippen LogP contribution in [0.1, 0.15) is 5.56 Å². The van der Waals surface area contributed by atoms with Gasteiger partial charge in [-0.3, -0.25) is 0 Å². The van der Waals surface area contributed by atoms with Gasteiger partial charge in [-0.1, -0.05) is 12.1 Å². The smallest absolute Gasteiger partial charge is 0.194 e. The first-order valence-electron chi connectivity index (χ1n) is 5.22. The normalized spacial score (nSPS) is 10.4. The first-order valence-corrected chi connectivity index (χ1v) is 5.22. The SMILES string of the molecule is Oc1ccc(CNc2cc(F)c(F)c(F)c2)cc1. The molecule has 0 spiro atoms. The molecule has 2 rings (SSSR count). The molecule has 0 fully saturated rings. The lowest BCUT2D eigenvalue weighted by Gasteiger charge is -2.07. The number of aromatic hydroxyl groups is 1. The van der Waals surface area contributed by atoms with E-state index in [1.165, 1.54) is 12.1 Å². The minimum absolute atomic E-state index is 0.137. The van der Waals surface area contributed by atoms with Crippen molar-refractivity contribution in [2.45, 2.75) is 6.54 Å². The first kappa shape index (κ1) is 12.3. The van der Waals surface area contributed by atoms with Crippen molar-refractivity contribution in [1.29, 1.82) is 0 Å². The summed E-state index contributed by atoms with van der Waals surface area (Å²) < 4.78 is 38.6. The molecule has 18 heavy (non-hydrogen) atoms. The van der Waals surface area contributed by atoms with Crippen molar-refractivity contribution >= 4 is 5.69 Å². The molecule has 0 saturated heterocycles. The van der Waals surface area contributed by atoms with E-state index in [0.29, 0.717) is 6.54 Å². The van der Waals surface area contributed by atoms with Gasteiger partial charge in [-0.2, -0.15) is 0 Å². The molecule has 2 aromatic carbocycles. The van der Waals surface area contributed by atoms with E-state index >= 15 is 0 Å². The summed E-state index contributed by atoms with van der Waals surface area (Å²) in [6.45, 7) is 0.310. The molecule has 0 aliphatic heterocycles. The molecule has 0 aliphatic carbocycles. The lowest BCUT2D eigenvalue weighted by Crippen LogP contribution is -2.01. The molecule has 2 nitrogen and oxygen atoms in total. The molecule has 0 heterocycles. The number of phenols is 1. The summed E-state index contributed by atoms with van der Waals surface area (Å²) in [5.41, 5.74) is 0.970. The fourth-order valence-corrected chi connectivity index (χ4v) is 1.48. The maximum atomic E-state index is 12.9. The van der Waals surface area contributed by atoms with Crippen LogP contribution in [0.4, 0.5) is 18.9 Å². The monoisotopic (exact) mass is 253 g/mol. The molecule has 94 valence electrons. The van der Waals surface area contributed by atoms with Gasteiger partial charge >= 0.3 is 0 Å². The molecule has 2 N–H and O–H groups in total. The molecule has 0 amide bonds. The quantitative estimate of drug-likeness (QED) is 0.821. The zero-order valence-corrected chi connectivity index (χ0v) is 9.25. The summed E-state index contributed by atoms with van der Waals surface area (Å²) in [5.74, 6) is -3.81. The fourth-order valence-electron chi connectivity index (χ4n) is 1.48. The van der Waals surface area contributed by atoms with Crippen LogP contribution in [0.3, 0.4) is 0 Å². The predicted molar refractivity (Wildman–Crippen MR) is 61.7 cm³/mol. The fraction of sp³-hybridized carbons (Fsp3) is 0.0769. The first-order chi connectivity index (χ1) is 8.56. The van der Waals surface area contributed by atoms with Crippen LogP contribution in [0.2, 0.25) is 0 Å². The second kappa shape index (κ2) is 5.00. The third-order valence-corrected chi connectivity index (χ3v) is 2.42. The number of benzene rings is 2. The summed E-state index contributed by atoms with van der Waals surface area (Å²) in [6, 6.07) is 8.11. The van der Waals surface area contributed by atoms with E-state index in [2.05, 4.69) is 5.32 Å². The lowest BCUT2D eigenvalue weighted by atomic mass is 10.2. The standard InChI is InChI=1S/C13H10F3NO/c14-11-5-9(6-12(15)13(11)16)17-7-8-1-3-10(18)4-2-8/h1-6,17-18H,7H2. The maximum Gasteiger partial charge on any atom is 0.194 e. The van der Waals surface area contributed by atoms with Crippen molar-refractivity contribution in [2.75, 3.05) is 5.32 Å². The molecule has 5 heteroatoms. The Morgan fingerprint density at radius 1 is 0.944 bits per heavy atom. The van der Waals surface area contributed by atoms with Crippen LogP contribution in [0, 0.1) is 17.5 Å². The third-order valence-electron chi connectivity index (χ3n) is 2.42. The molecule has 0 atom stereocenters. The van der Waals surface area contributed by atoms with E-state index in [-0.39, 0.29) is 11.4 Å². The van der Waals surface area contributed by atoms with Crippen molar-refractivity contribution in [3.8, 4) is 5.75 Å². The Bertz CT molecular complexity index is 532. The Labute approximate surface area is 102 Å². The average molecular weight is 253 g/mol. The van der Waals surface area contributed by atoms with E-state index < -0.39 is 17.5 Å². The predicted octanol–water partition coefficient (Wildman–Crippen LogP) is 3.42. The summed E-state index contributed by atoms with van der Waals surface area (Å²) in [6.07, 6.45) is 0. The zero-order chi connectivity index (χ0) is 13.1. The van der Waals surface area contributed by atoms with Crippen LogP contribution < -0.4 is 5.32 Å². The van der Waals surface area contributed by atoms with Gasteiger partial charge in [0.15, 0.2) is 17.5 Å². The molecular weight excluding hydrogens is 243 g/mol. The molecule has 2 aromatic rings. The van der Waals surface area contributed by atoms with Crippen LogP contribution in [-0.4, -0.2) is 5.11 Å². The highest BCUT2D eigenvalue weighted by atomic mass is 19.2. The number of hydrogen-bond donors (Lipinski definition) is 2. The van der Waals surface area contributed by atoms with Crippen molar-refractivity contribution in [3.05, 3.63) is 59.4 Å². The van der Waals surface area contributed by atoms with E-state index in [1.807, 2.05) is 0 Å². The number of halogens is 3. The maximum absolute atomic E-state index is 12.9. The van der Waals surface area contributed by atoms with Crippen LogP contribution in [-0.2, 0) is 6.54 Å². The van der Waals surface area contributed by atoms with E-state index in [4.69, 9.17) is 5.11 Å². The van der Waals surface area contributed by atoms with E-state index in [0.717, 1.165) is 17.7 Å². The Morgan fingerprint density at radius 3 is 2.06 bits per heavy atom. The molecular formula is C13H10F3NO. The molecule has 0 aromatic heterocycles. The van der Waals surface area contributed by atoms with Crippen LogP contribution in [0.25, 0.3) is 0 Å². The zero-order valence-electron chi connectivity index (χ0n) is 9.25. The van der Waals surface area contributed by atoms with Gasteiger partial charge in [0.05, 0.1) is 0 Å². The summed E-state index contributed by atoms with van der Waals surface area (Å²) in [7, 11) is 0. The Morgan fingerprint density at radius 2 is 1.50 bits per heavy atom. The molecule has 0 saturated carbocycles. The summed E-state index contributed by atoms with van der Waals surface area (Å²) in [4.78, 5) is 0. The highest BCUT2D eigenvalue weighted by Gasteiger charge is 2.10. The van der Waals surface area contributed by atoms with E-state index in [1.54, 1.807) is 12.1 Å². The van der Waals surface area contributed by atoms with Crippen molar-refractivity contribution in [2.24, 2.45) is 0 Å². The second-order valence-electron chi connectivity index (χ2n) is 3.77. The molecule has 0 unspecified atom stereocenters. The highest BCUT2D eigenvalue weighted by Crippen LogP contribution is 2.18. The Hall–Kier alpha value is -2.17. The largest absolute Gasteiger partial charge is 0.508 e. The van der Waals surface area contributed by atoms with Gasteiger partial charge in [-0.15, -0.1) is 0 Å². The second-order valence-corrected chi connectivity index (χ2v) is 3.77. The number of anilines is 1. The molecule has 0 radical (unpaired) electrons. The van der Waals surface area contributed by atoms with Crippen molar-refractivity contribution < 1.29 is 18.3 Å². The van der Waals surface area contributed by atoms with Crippen LogP contribution >= 0.6 is 0 Å². The van der Waals surface area contributed by atoms with Gasteiger partial charge in [-0.25, -0.2) is 13.2 Å². The van der Waals surface area contributed by atoms with Gasteiger partial charge in [-0.05, 0) is 17.7 Å². The highest BCUT2D eigenvalue weighted by molar-refractivity contribution is 5.45. The topological polar surface area (TPSA) is 32.3 Å². The van der Waals surface area contributed by atoms with Gasteiger partial charge in [0, 0.05) is 24.4 Å². The van der Waals surface area contributed by atoms with Crippen LogP contribution in [0.15, 0.2) is 36.4 Å². The van der Waals surface area contributed by atoms with Gasteiger partial charge in [0.25, 0.3) is 0 Å².